The normalized spacial score (nSPS) is 12.2. The quantitative estimate of drug-likeness (QED) is 0.830. The molecular weight excluding hydrogens is 257 g/mol. The van der Waals surface area contributed by atoms with Gasteiger partial charge in [-0.15, -0.1) is 0 Å². The molecule has 2 nitrogen and oxygen atoms in total. The van der Waals surface area contributed by atoms with Crippen molar-refractivity contribution >= 4 is 11.6 Å². The number of hydrogen-bond acceptors (Lipinski definition) is 2. The molecule has 0 aromatic carbocycles. The maximum atomic E-state index is 12.3. The van der Waals surface area contributed by atoms with Gasteiger partial charge in [0, 0.05) is 5.56 Å². The summed E-state index contributed by atoms with van der Waals surface area (Å²) in [5, 5.41) is 7.85. The summed E-state index contributed by atoms with van der Waals surface area (Å²) < 4.78 is 61.5. The minimum atomic E-state index is -4.91. The van der Waals surface area contributed by atoms with Crippen LogP contribution < -0.4 is 0 Å². The number of halogens is 6. The molecule has 1 aromatic heterocycles. The lowest BCUT2D eigenvalue weighted by Crippen LogP contribution is -2.12. The van der Waals surface area contributed by atoms with E-state index in [2.05, 4.69) is 4.98 Å². The van der Waals surface area contributed by atoms with Crippen LogP contribution in [0, 0.1) is 0 Å². The van der Waals surface area contributed by atoms with Crippen molar-refractivity contribution in [1.82, 2.24) is 4.98 Å². The largest absolute Gasteiger partial charge is 0.434 e. The second-order valence-electron chi connectivity index (χ2n) is 2.82. The topological polar surface area (TPSA) is 33.1 Å². The summed E-state index contributed by atoms with van der Waals surface area (Å²) in [6.45, 7) is -0.857. The van der Waals surface area contributed by atoms with E-state index < -0.39 is 41.2 Å². The molecule has 0 bridgehead atoms. The van der Waals surface area contributed by atoms with Gasteiger partial charge in [-0.05, 0) is 6.07 Å². The van der Waals surface area contributed by atoms with Crippen LogP contribution in [0.3, 0.4) is 0 Å². The van der Waals surface area contributed by atoms with Crippen LogP contribution in [-0.2, 0) is 12.8 Å². The molecule has 0 radical (unpaired) electrons. The van der Waals surface area contributed by atoms with Crippen molar-refractivity contribution in [2.24, 2.45) is 0 Å². The maximum Gasteiger partial charge on any atom is 0.434 e. The van der Waals surface area contributed by atoms with Gasteiger partial charge in [-0.3, -0.25) is 0 Å². The molecule has 0 unspecified atom stereocenters. The van der Waals surface area contributed by atoms with Gasteiger partial charge in [-0.25, -0.2) is 13.8 Å². The minimum absolute atomic E-state index is 0.423. The van der Waals surface area contributed by atoms with Crippen molar-refractivity contribution in [3.05, 3.63) is 28.0 Å². The molecule has 0 atom stereocenters. The third-order valence-electron chi connectivity index (χ3n) is 1.73. The van der Waals surface area contributed by atoms with Crippen LogP contribution in [0.15, 0.2) is 6.07 Å². The van der Waals surface area contributed by atoms with Gasteiger partial charge >= 0.3 is 6.18 Å². The number of pyridine rings is 1. The zero-order valence-electron chi connectivity index (χ0n) is 7.52. The molecular formula is C8H5ClF5NO. The molecule has 0 saturated carbocycles. The van der Waals surface area contributed by atoms with Gasteiger partial charge in [0.1, 0.15) is 5.69 Å². The van der Waals surface area contributed by atoms with Crippen molar-refractivity contribution in [3.8, 4) is 0 Å². The number of aliphatic hydroxyl groups excluding tert-OH is 1. The molecule has 0 aliphatic rings. The van der Waals surface area contributed by atoms with Crippen molar-refractivity contribution in [2.75, 3.05) is 0 Å². The van der Waals surface area contributed by atoms with Crippen LogP contribution in [0.1, 0.15) is 23.4 Å². The summed E-state index contributed by atoms with van der Waals surface area (Å²) in [5.41, 5.74) is -3.12. The number of alkyl halides is 5. The fourth-order valence-electron chi connectivity index (χ4n) is 1.06. The van der Waals surface area contributed by atoms with E-state index in [4.69, 9.17) is 16.7 Å². The second kappa shape index (κ2) is 4.50. The molecule has 0 spiro atoms. The Kier molecular flexibility index (Phi) is 3.69. The Hall–Kier alpha value is -0.950. The first-order valence-corrected chi connectivity index (χ1v) is 4.30. The van der Waals surface area contributed by atoms with Crippen molar-refractivity contribution in [1.29, 1.82) is 0 Å². The lowest BCUT2D eigenvalue weighted by Gasteiger charge is -2.12. The number of aliphatic hydroxyl groups is 1. The molecule has 1 N–H and O–H groups in total. The van der Waals surface area contributed by atoms with E-state index in [1.807, 2.05) is 0 Å². The zero-order valence-corrected chi connectivity index (χ0v) is 8.28. The van der Waals surface area contributed by atoms with Crippen LogP contribution in [0.25, 0.3) is 0 Å². The number of nitrogens with zero attached hydrogens (tertiary/aromatic N) is 1. The van der Waals surface area contributed by atoms with Gasteiger partial charge in [-0.1, -0.05) is 11.6 Å². The Morgan fingerprint density at radius 3 is 2.31 bits per heavy atom. The molecule has 1 aromatic rings. The van der Waals surface area contributed by atoms with E-state index in [0.29, 0.717) is 6.07 Å². The van der Waals surface area contributed by atoms with E-state index in [0.717, 1.165) is 0 Å². The predicted octanol–water partition coefficient (Wildman–Crippen LogP) is 3.18. The van der Waals surface area contributed by atoms with Crippen LogP contribution >= 0.6 is 11.6 Å². The van der Waals surface area contributed by atoms with Gasteiger partial charge in [0.25, 0.3) is 6.43 Å². The van der Waals surface area contributed by atoms with Crippen LogP contribution in [0.4, 0.5) is 22.0 Å². The summed E-state index contributed by atoms with van der Waals surface area (Å²) in [5.74, 6) is 0. The molecule has 0 aliphatic heterocycles. The highest BCUT2D eigenvalue weighted by molar-refractivity contribution is 6.31. The molecule has 90 valence electrons. The Labute approximate surface area is 91.7 Å². The lowest BCUT2D eigenvalue weighted by molar-refractivity contribution is -0.141. The van der Waals surface area contributed by atoms with E-state index >= 15 is 0 Å². The number of rotatable bonds is 2. The standard InChI is InChI=1S/C8H5ClF5NO/c9-4-1-3(2-16)5(7(10)11)15-6(4)8(12,13)14/h1,7,16H,2H2. The average Bonchev–Trinajstić information content (AvgIpc) is 2.14. The van der Waals surface area contributed by atoms with Gasteiger partial charge < -0.3 is 5.11 Å². The Morgan fingerprint density at radius 2 is 1.94 bits per heavy atom. The van der Waals surface area contributed by atoms with E-state index in [9.17, 15) is 22.0 Å². The first-order chi connectivity index (χ1) is 7.27. The Balaban J connectivity index is 3.39. The molecule has 16 heavy (non-hydrogen) atoms. The summed E-state index contributed by atoms with van der Waals surface area (Å²) in [6.07, 6.45) is -8.12. The monoisotopic (exact) mass is 261 g/mol. The highest BCUT2D eigenvalue weighted by Crippen LogP contribution is 2.35. The molecule has 1 heterocycles. The fourth-order valence-corrected chi connectivity index (χ4v) is 1.34. The smallest absolute Gasteiger partial charge is 0.392 e. The van der Waals surface area contributed by atoms with Crippen molar-refractivity contribution < 1.29 is 27.1 Å². The lowest BCUT2D eigenvalue weighted by atomic mass is 10.2. The van der Waals surface area contributed by atoms with Crippen LogP contribution in [-0.4, -0.2) is 10.1 Å². The van der Waals surface area contributed by atoms with E-state index in [1.54, 1.807) is 0 Å². The summed E-state index contributed by atoms with van der Waals surface area (Å²) >= 11 is 5.23. The third-order valence-corrected chi connectivity index (χ3v) is 2.02. The molecule has 0 saturated heterocycles. The average molecular weight is 262 g/mol. The molecule has 8 heteroatoms. The van der Waals surface area contributed by atoms with Crippen LogP contribution in [0.2, 0.25) is 5.02 Å². The van der Waals surface area contributed by atoms with Crippen molar-refractivity contribution in [2.45, 2.75) is 19.2 Å². The third kappa shape index (κ3) is 2.59. The summed E-state index contributed by atoms with van der Waals surface area (Å²) in [4.78, 5) is 2.75. The Morgan fingerprint density at radius 1 is 1.38 bits per heavy atom. The number of aromatic nitrogens is 1. The summed E-state index contributed by atoms with van der Waals surface area (Å²) in [6, 6.07) is 0.638. The highest BCUT2D eigenvalue weighted by Gasteiger charge is 2.36. The summed E-state index contributed by atoms with van der Waals surface area (Å²) in [7, 11) is 0. The molecule has 0 amide bonds. The predicted molar refractivity (Wildman–Crippen MR) is 45.1 cm³/mol. The molecule has 1 rings (SSSR count). The SMILES string of the molecule is OCc1cc(Cl)c(C(F)(F)F)nc1C(F)F. The molecule has 0 fully saturated rings. The van der Waals surface area contributed by atoms with Gasteiger partial charge in [0.15, 0.2) is 5.69 Å². The van der Waals surface area contributed by atoms with Crippen LogP contribution in [0.5, 0.6) is 0 Å². The molecule has 0 aliphatic carbocycles. The van der Waals surface area contributed by atoms with Gasteiger partial charge in [0.05, 0.1) is 11.6 Å². The highest BCUT2D eigenvalue weighted by atomic mass is 35.5. The zero-order chi connectivity index (χ0) is 12.5. The minimum Gasteiger partial charge on any atom is -0.392 e. The van der Waals surface area contributed by atoms with E-state index in [-0.39, 0.29) is 0 Å². The maximum absolute atomic E-state index is 12.3. The second-order valence-corrected chi connectivity index (χ2v) is 3.23. The van der Waals surface area contributed by atoms with Gasteiger partial charge in [-0.2, -0.15) is 13.2 Å². The van der Waals surface area contributed by atoms with Gasteiger partial charge in [0.2, 0.25) is 0 Å². The van der Waals surface area contributed by atoms with E-state index in [1.165, 1.54) is 0 Å². The fraction of sp³-hybridized carbons (Fsp3) is 0.375. The number of hydrogen-bond donors (Lipinski definition) is 1. The first-order valence-electron chi connectivity index (χ1n) is 3.93. The Bertz CT molecular complexity index is 393. The van der Waals surface area contributed by atoms with Crippen molar-refractivity contribution in [3.63, 3.8) is 0 Å². The first kappa shape index (κ1) is 13.1.